The van der Waals surface area contributed by atoms with Gasteiger partial charge in [0.15, 0.2) is 0 Å². The van der Waals surface area contributed by atoms with Crippen molar-refractivity contribution in [3.05, 3.63) is 100 Å². The van der Waals surface area contributed by atoms with Gasteiger partial charge in [0, 0.05) is 23.3 Å². The maximum absolute atomic E-state index is 14.5. The molecule has 5 rings (SSSR count). The van der Waals surface area contributed by atoms with Crippen molar-refractivity contribution in [1.29, 1.82) is 0 Å². The number of nitrogens with one attached hydrogen (secondary N) is 1. The smallest absolute Gasteiger partial charge is 0.322 e. The molecule has 0 radical (unpaired) electrons. The summed E-state index contributed by atoms with van der Waals surface area (Å²) in [4.78, 5) is 31.2. The van der Waals surface area contributed by atoms with Gasteiger partial charge in [-0.2, -0.15) is 0 Å². The van der Waals surface area contributed by atoms with Crippen LogP contribution in [0.2, 0.25) is 10.0 Å². The number of nitrogens with zero attached hydrogens (tertiary/aromatic N) is 3. The Kier molecular flexibility index (Phi) is 8.94. The molecule has 1 aromatic heterocycles. The number of methoxy groups -OCH3 is 2. The van der Waals surface area contributed by atoms with Crippen molar-refractivity contribution in [3.63, 3.8) is 0 Å². The second-order valence-corrected chi connectivity index (χ2v) is 10.7. The van der Waals surface area contributed by atoms with Crippen LogP contribution in [0.5, 0.6) is 11.5 Å². The van der Waals surface area contributed by atoms with Crippen LogP contribution in [-0.4, -0.2) is 48.7 Å². The number of hydrogen-bond acceptors (Lipinski definition) is 4. The minimum atomic E-state index is -0.547. The normalized spacial score (nSPS) is 13.6. The predicted molar refractivity (Wildman–Crippen MR) is 167 cm³/mol. The van der Waals surface area contributed by atoms with E-state index in [1.165, 1.54) is 4.90 Å². The van der Waals surface area contributed by atoms with Crippen molar-refractivity contribution >= 4 is 46.5 Å². The highest BCUT2D eigenvalue weighted by Gasteiger charge is 2.38. The van der Waals surface area contributed by atoms with Crippen LogP contribution in [0.15, 0.2) is 79.0 Å². The molecule has 3 aromatic carbocycles. The van der Waals surface area contributed by atoms with E-state index in [2.05, 4.69) is 9.88 Å². The molecule has 0 spiro atoms. The minimum absolute atomic E-state index is 0.158. The van der Waals surface area contributed by atoms with E-state index in [4.69, 9.17) is 32.7 Å². The maximum atomic E-state index is 14.5. The zero-order chi connectivity index (χ0) is 29.8. The Morgan fingerprint density at radius 1 is 0.952 bits per heavy atom. The number of carbonyl (C=O) groups is 2. The van der Waals surface area contributed by atoms with Crippen LogP contribution in [0.3, 0.4) is 0 Å². The second kappa shape index (κ2) is 12.8. The average Bonchev–Trinajstić information content (AvgIpc) is 3.49. The first kappa shape index (κ1) is 29.4. The minimum Gasteiger partial charge on any atom is -0.497 e. The molecule has 0 aliphatic carbocycles. The van der Waals surface area contributed by atoms with E-state index in [0.717, 1.165) is 35.5 Å². The number of carbonyl (C=O) groups excluding carboxylic acids is 2. The van der Waals surface area contributed by atoms with E-state index in [9.17, 15) is 9.59 Å². The summed E-state index contributed by atoms with van der Waals surface area (Å²) < 4.78 is 13.4. The molecule has 0 fully saturated rings. The molecule has 4 aromatic rings. The Balaban J connectivity index is 1.55. The number of fused-ring (bicyclic) bond motifs is 3. The van der Waals surface area contributed by atoms with Crippen LogP contribution in [0.1, 0.15) is 37.1 Å². The summed E-state index contributed by atoms with van der Waals surface area (Å²) in [5.74, 6) is 1.00. The lowest BCUT2D eigenvalue weighted by Crippen LogP contribution is -2.48. The third kappa shape index (κ3) is 5.78. The number of ether oxygens (including phenoxy) is 2. The van der Waals surface area contributed by atoms with Gasteiger partial charge < -0.3 is 24.3 Å². The molecule has 1 N–H and O–H groups in total. The summed E-state index contributed by atoms with van der Waals surface area (Å²) >= 11 is 12.4. The Morgan fingerprint density at radius 3 is 2.45 bits per heavy atom. The van der Waals surface area contributed by atoms with E-state index >= 15 is 0 Å². The Hall–Kier alpha value is -4.14. The molecular formula is C32H32Cl2N4O4. The summed E-state index contributed by atoms with van der Waals surface area (Å²) in [6.07, 6.45) is 3.55. The first-order valence-corrected chi connectivity index (χ1v) is 14.4. The van der Waals surface area contributed by atoms with Crippen molar-refractivity contribution in [3.8, 4) is 17.2 Å². The predicted octanol–water partition coefficient (Wildman–Crippen LogP) is 7.57. The molecule has 0 saturated carbocycles. The second-order valence-electron chi connectivity index (χ2n) is 9.90. The van der Waals surface area contributed by atoms with Gasteiger partial charge in [0.25, 0.3) is 0 Å². The lowest BCUT2D eigenvalue weighted by Gasteiger charge is -2.40. The number of anilines is 2. The van der Waals surface area contributed by atoms with Gasteiger partial charge in [-0.05, 0) is 67.1 Å². The van der Waals surface area contributed by atoms with Crippen molar-refractivity contribution < 1.29 is 19.1 Å². The molecule has 10 heteroatoms. The molecule has 2 heterocycles. The molecule has 1 atom stereocenters. The maximum Gasteiger partial charge on any atom is 0.322 e. The Labute approximate surface area is 255 Å². The van der Waals surface area contributed by atoms with Crippen LogP contribution in [0.25, 0.3) is 5.69 Å². The summed E-state index contributed by atoms with van der Waals surface area (Å²) in [5.41, 5.74) is 3.64. The fourth-order valence-corrected chi connectivity index (χ4v) is 5.69. The monoisotopic (exact) mass is 606 g/mol. The van der Waals surface area contributed by atoms with E-state index < -0.39 is 12.1 Å². The molecule has 42 heavy (non-hydrogen) atoms. The third-order valence-electron chi connectivity index (χ3n) is 7.29. The van der Waals surface area contributed by atoms with Gasteiger partial charge >= 0.3 is 6.03 Å². The van der Waals surface area contributed by atoms with E-state index in [-0.39, 0.29) is 12.5 Å². The average molecular weight is 608 g/mol. The number of urea groups is 1. The van der Waals surface area contributed by atoms with Crippen molar-refractivity contribution in [2.75, 3.05) is 37.5 Å². The number of benzene rings is 3. The van der Waals surface area contributed by atoms with Crippen molar-refractivity contribution in [2.45, 2.75) is 25.8 Å². The molecule has 1 unspecified atom stereocenters. The highest BCUT2D eigenvalue weighted by Crippen LogP contribution is 2.45. The summed E-state index contributed by atoms with van der Waals surface area (Å²) in [5, 5.41) is 3.62. The number of rotatable bonds is 9. The largest absolute Gasteiger partial charge is 0.497 e. The van der Waals surface area contributed by atoms with Gasteiger partial charge in [-0.3, -0.25) is 9.69 Å². The lowest BCUT2D eigenvalue weighted by atomic mass is 9.96. The van der Waals surface area contributed by atoms with Crippen LogP contribution in [-0.2, 0) is 4.79 Å². The number of aromatic nitrogens is 1. The zero-order valence-electron chi connectivity index (χ0n) is 23.6. The van der Waals surface area contributed by atoms with Gasteiger partial charge in [0.1, 0.15) is 24.1 Å². The number of unbranched alkanes of at least 4 members (excludes halogenated alkanes) is 1. The Morgan fingerprint density at radius 2 is 1.74 bits per heavy atom. The zero-order valence-corrected chi connectivity index (χ0v) is 25.2. The third-order valence-corrected chi connectivity index (χ3v) is 7.84. The summed E-state index contributed by atoms with van der Waals surface area (Å²) in [6, 6.07) is 21.1. The van der Waals surface area contributed by atoms with Crippen LogP contribution in [0.4, 0.5) is 16.2 Å². The lowest BCUT2D eigenvalue weighted by molar-refractivity contribution is -0.119. The highest BCUT2D eigenvalue weighted by molar-refractivity contribution is 6.36. The van der Waals surface area contributed by atoms with Crippen LogP contribution in [0, 0.1) is 0 Å². The number of para-hydroxylation sites is 2. The standard InChI is InChI=1S/C32H32Cl2N4O4/c1-4-5-16-36(32(40)35-25-14-12-21(33)18-24(25)34)20-30(39)38-27-10-7-6-9-26(27)37-17-8-11-28(37)31(38)23-19-22(41-2)13-15-29(23)42-3/h6-15,17-19,31H,4-5,16,20H2,1-3H3,(H,35,40). The molecule has 1 aliphatic heterocycles. The van der Waals surface area contributed by atoms with E-state index in [1.807, 2.05) is 67.7 Å². The Bertz CT molecular complexity index is 1610. The van der Waals surface area contributed by atoms with Gasteiger partial charge in [0.2, 0.25) is 5.91 Å². The molecule has 0 bridgehead atoms. The number of halogens is 2. The SMILES string of the molecule is CCCCN(CC(=O)N1c2ccccc2-n2cccc2C1c1cc(OC)ccc1OC)C(=O)Nc1ccc(Cl)cc1Cl. The summed E-state index contributed by atoms with van der Waals surface area (Å²) in [7, 11) is 3.20. The number of amides is 3. The first-order valence-electron chi connectivity index (χ1n) is 13.7. The summed E-state index contributed by atoms with van der Waals surface area (Å²) in [6.45, 7) is 2.27. The molecule has 1 aliphatic rings. The first-order chi connectivity index (χ1) is 20.4. The number of hydrogen-bond donors (Lipinski definition) is 1. The fraction of sp³-hybridized carbons (Fsp3) is 0.250. The van der Waals surface area contributed by atoms with Crippen molar-refractivity contribution in [1.82, 2.24) is 9.47 Å². The van der Waals surface area contributed by atoms with Crippen molar-refractivity contribution in [2.24, 2.45) is 0 Å². The van der Waals surface area contributed by atoms with Gasteiger partial charge in [0.05, 0.1) is 42.0 Å². The molecule has 0 saturated heterocycles. The fourth-order valence-electron chi connectivity index (χ4n) is 5.24. The van der Waals surface area contributed by atoms with Gasteiger partial charge in [-0.15, -0.1) is 0 Å². The molecule has 3 amide bonds. The van der Waals surface area contributed by atoms with E-state index in [0.29, 0.717) is 33.8 Å². The van der Waals surface area contributed by atoms with E-state index in [1.54, 1.807) is 37.3 Å². The topological polar surface area (TPSA) is 76.0 Å². The van der Waals surface area contributed by atoms with Gasteiger partial charge in [-0.1, -0.05) is 48.7 Å². The quantitative estimate of drug-likeness (QED) is 0.213. The molecule has 218 valence electrons. The van der Waals surface area contributed by atoms with Crippen LogP contribution < -0.4 is 19.7 Å². The molecule has 8 nitrogen and oxygen atoms in total. The highest BCUT2D eigenvalue weighted by atomic mass is 35.5. The van der Waals surface area contributed by atoms with Gasteiger partial charge in [-0.25, -0.2) is 4.79 Å². The van der Waals surface area contributed by atoms with Crippen LogP contribution >= 0.6 is 23.2 Å². The molecular weight excluding hydrogens is 575 g/mol.